The first-order valence-corrected chi connectivity index (χ1v) is 6.16. The Morgan fingerprint density at radius 3 is 2.47 bits per heavy atom. The van der Waals surface area contributed by atoms with Crippen LogP contribution in [-0.4, -0.2) is 9.78 Å². The molecule has 0 aliphatic heterocycles. The lowest BCUT2D eigenvalue weighted by Crippen LogP contribution is -2.18. The fourth-order valence-corrected chi connectivity index (χ4v) is 2.13. The van der Waals surface area contributed by atoms with E-state index in [0.717, 1.165) is 4.68 Å². The third-order valence-corrected chi connectivity index (χ3v) is 3.14. The van der Waals surface area contributed by atoms with Crippen molar-refractivity contribution in [3.05, 3.63) is 45.1 Å². The highest BCUT2D eigenvalue weighted by atomic mass is 35.5. The van der Waals surface area contributed by atoms with E-state index in [1.165, 1.54) is 18.2 Å². The number of nitrogen functional groups attached to an aromatic ring is 1. The van der Waals surface area contributed by atoms with Crippen molar-refractivity contribution >= 4 is 17.3 Å². The number of nitrogens with zero attached hydrogens (tertiary/aromatic N) is 1. The van der Waals surface area contributed by atoms with Crippen LogP contribution in [0.1, 0.15) is 26.5 Å². The van der Waals surface area contributed by atoms with Crippen LogP contribution in [0.5, 0.6) is 0 Å². The van der Waals surface area contributed by atoms with Gasteiger partial charge in [0.1, 0.15) is 17.2 Å². The average Bonchev–Trinajstić information content (AvgIpc) is 2.57. The third-order valence-electron chi connectivity index (χ3n) is 2.84. The molecule has 0 aliphatic rings. The number of hydrogen-bond donors (Lipinski definition) is 2. The van der Waals surface area contributed by atoms with E-state index in [0.29, 0.717) is 5.69 Å². The molecule has 2 rings (SSSR count). The maximum atomic E-state index is 13.8. The molecule has 4 nitrogen and oxygen atoms in total. The Kier molecular flexibility index (Phi) is 3.18. The lowest BCUT2D eigenvalue weighted by molar-refractivity contribution is 0.555. The standard InChI is InChI=1S/C13H15ClFN3O/c1-13(2,3)11-9(16)12(19)18(17-11)10-7(14)5-4-6-8(10)15/h4-6,17H,16H2,1-3H3. The number of hydrogen-bond acceptors (Lipinski definition) is 2. The maximum absolute atomic E-state index is 13.8. The van der Waals surface area contributed by atoms with E-state index in [1.807, 2.05) is 20.8 Å². The van der Waals surface area contributed by atoms with Gasteiger partial charge in [-0.1, -0.05) is 38.4 Å². The molecule has 2 aromatic rings. The molecule has 19 heavy (non-hydrogen) atoms. The topological polar surface area (TPSA) is 63.8 Å². The fraction of sp³-hybridized carbons (Fsp3) is 0.308. The van der Waals surface area contributed by atoms with Gasteiger partial charge in [0.15, 0.2) is 0 Å². The quantitative estimate of drug-likeness (QED) is 0.845. The number of nitrogens with one attached hydrogen (secondary N) is 1. The normalized spacial score (nSPS) is 11.8. The number of aromatic nitrogens is 2. The van der Waals surface area contributed by atoms with Gasteiger partial charge in [0, 0.05) is 5.41 Å². The summed E-state index contributed by atoms with van der Waals surface area (Å²) in [7, 11) is 0. The molecule has 1 aromatic heterocycles. The van der Waals surface area contributed by atoms with Crippen molar-refractivity contribution in [1.82, 2.24) is 9.78 Å². The van der Waals surface area contributed by atoms with Crippen LogP contribution < -0.4 is 11.3 Å². The van der Waals surface area contributed by atoms with Gasteiger partial charge >= 0.3 is 0 Å². The smallest absolute Gasteiger partial charge is 0.294 e. The minimum absolute atomic E-state index is 0.0173. The first-order valence-electron chi connectivity index (χ1n) is 5.79. The number of H-pyrrole nitrogens is 1. The highest BCUT2D eigenvalue weighted by molar-refractivity contribution is 6.32. The Bertz CT molecular complexity index is 662. The molecule has 0 saturated heterocycles. The Balaban J connectivity index is 2.76. The summed E-state index contributed by atoms with van der Waals surface area (Å²) in [5, 5.41) is 2.98. The predicted octanol–water partition coefficient (Wildman–Crippen LogP) is 2.84. The summed E-state index contributed by atoms with van der Waals surface area (Å²) < 4.78 is 14.9. The molecule has 0 radical (unpaired) electrons. The largest absolute Gasteiger partial charge is 0.393 e. The van der Waals surface area contributed by atoms with E-state index in [4.69, 9.17) is 17.3 Å². The van der Waals surface area contributed by atoms with Gasteiger partial charge in [-0.05, 0) is 12.1 Å². The molecule has 1 aromatic carbocycles. The van der Waals surface area contributed by atoms with Crippen LogP contribution in [0.3, 0.4) is 0 Å². The predicted molar refractivity (Wildman–Crippen MR) is 74.5 cm³/mol. The molecular weight excluding hydrogens is 269 g/mol. The molecule has 0 fully saturated rings. The second kappa shape index (κ2) is 4.42. The van der Waals surface area contributed by atoms with Crippen molar-refractivity contribution in [3.8, 4) is 5.69 Å². The summed E-state index contributed by atoms with van der Waals surface area (Å²) in [6.45, 7) is 5.71. The van der Waals surface area contributed by atoms with Crippen LogP contribution in [0, 0.1) is 5.82 Å². The summed E-state index contributed by atoms with van der Waals surface area (Å²) in [5.41, 5.74) is 5.55. The molecule has 3 N–H and O–H groups in total. The molecule has 102 valence electrons. The highest BCUT2D eigenvalue weighted by Crippen LogP contribution is 2.27. The van der Waals surface area contributed by atoms with Crippen LogP contribution in [0.4, 0.5) is 10.1 Å². The molecule has 6 heteroatoms. The second-order valence-electron chi connectivity index (χ2n) is 5.36. The Morgan fingerprint density at radius 2 is 2.00 bits per heavy atom. The molecule has 1 heterocycles. The van der Waals surface area contributed by atoms with E-state index >= 15 is 0 Å². The zero-order valence-corrected chi connectivity index (χ0v) is 11.7. The van der Waals surface area contributed by atoms with Gasteiger partial charge in [0.05, 0.1) is 10.7 Å². The first kappa shape index (κ1) is 13.7. The number of rotatable bonds is 1. The van der Waals surface area contributed by atoms with Crippen LogP contribution in [-0.2, 0) is 5.41 Å². The number of nitrogens with two attached hydrogens (primary N) is 1. The number of aromatic amines is 1. The van der Waals surface area contributed by atoms with Crippen molar-refractivity contribution in [2.24, 2.45) is 0 Å². The van der Waals surface area contributed by atoms with Gasteiger partial charge < -0.3 is 5.73 Å². The van der Waals surface area contributed by atoms with Crippen LogP contribution in [0.15, 0.2) is 23.0 Å². The molecule has 0 amide bonds. The Hall–Kier alpha value is -1.75. The molecule has 0 saturated carbocycles. The minimum atomic E-state index is -0.587. The maximum Gasteiger partial charge on any atom is 0.294 e. The van der Waals surface area contributed by atoms with Crippen molar-refractivity contribution in [1.29, 1.82) is 0 Å². The van der Waals surface area contributed by atoms with Gasteiger partial charge in [-0.25, -0.2) is 9.07 Å². The molecule has 0 bridgehead atoms. The van der Waals surface area contributed by atoms with E-state index < -0.39 is 11.4 Å². The Labute approximate surface area is 115 Å². The summed E-state index contributed by atoms with van der Waals surface area (Å²) in [5.74, 6) is -0.587. The van der Waals surface area contributed by atoms with E-state index in [2.05, 4.69) is 5.10 Å². The number of benzene rings is 1. The lowest BCUT2D eigenvalue weighted by atomic mass is 9.91. The minimum Gasteiger partial charge on any atom is -0.393 e. The first-order chi connectivity index (χ1) is 8.73. The van der Waals surface area contributed by atoms with Crippen LogP contribution in [0.2, 0.25) is 5.02 Å². The number of para-hydroxylation sites is 1. The summed E-state index contributed by atoms with van der Waals surface area (Å²) in [6, 6.07) is 4.23. The van der Waals surface area contributed by atoms with Gasteiger partial charge in [-0.3, -0.25) is 9.89 Å². The van der Waals surface area contributed by atoms with Crippen molar-refractivity contribution < 1.29 is 4.39 Å². The van der Waals surface area contributed by atoms with Gasteiger partial charge in [0.25, 0.3) is 5.56 Å². The van der Waals surface area contributed by atoms with Gasteiger partial charge in [0.2, 0.25) is 0 Å². The van der Waals surface area contributed by atoms with E-state index in [-0.39, 0.29) is 21.8 Å². The van der Waals surface area contributed by atoms with E-state index in [1.54, 1.807) is 0 Å². The van der Waals surface area contributed by atoms with Crippen molar-refractivity contribution in [3.63, 3.8) is 0 Å². The molecule has 0 atom stereocenters. The average molecular weight is 284 g/mol. The summed E-state index contributed by atoms with van der Waals surface area (Å²) >= 11 is 5.95. The summed E-state index contributed by atoms with van der Waals surface area (Å²) in [4.78, 5) is 12.1. The third kappa shape index (κ3) is 2.26. The van der Waals surface area contributed by atoms with Gasteiger partial charge in [-0.15, -0.1) is 0 Å². The van der Waals surface area contributed by atoms with Gasteiger partial charge in [-0.2, -0.15) is 0 Å². The summed E-state index contributed by atoms with van der Waals surface area (Å²) in [6.07, 6.45) is 0. The Morgan fingerprint density at radius 1 is 1.37 bits per heavy atom. The van der Waals surface area contributed by atoms with E-state index in [9.17, 15) is 9.18 Å². The zero-order chi connectivity index (χ0) is 14.4. The highest BCUT2D eigenvalue weighted by Gasteiger charge is 2.24. The van der Waals surface area contributed by atoms with Crippen LogP contribution >= 0.6 is 11.6 Å². The number of halogens is 2. The zero-order valence-electron chi connectivity index (χ0n) is 10.9. The second-order valence-corrected chi connectivity index (χ2v) is 5.77. The van der Waals surface area contributed by atoms with Crippen molar-refractivity contribution in [2.75, 3.05) is 5.73 Å². The SMILES string of the molecule is CC(C)(C)c1[nH]n(-c2c(F)cccc2Cl)c(=O)c1N. The monoisotopic (exact) mass is 283 g/mol. The lowest BCUT2D eigenvalue weighted by Gasteiger charge is -2.16. The van der Waals surface area contributed by atoms with Crippen LogP contribution in [0.25, 0.3) is 5.69 Å². The number of anilines is 1. The molecular formula is C13H15ClFN3O. The van der Waals surface area contributed by atoms with Crippen molar-refractivity contribution in [2.45, 2.75) is 26.2 Å². The fourth-order valence-electron chi connectivity index (χ4n) is 1.88. The molecule has 0 spiro atoms. The molecule has 0 aliphatic carbocycles. The molecule has 0 unspecified atom stereocenters.